The van der Waals surface area contributed by atoms with Crippen LogP contribution >= 0.6 is 0 Å². The predicted molar refractivity (Wildman–Crippen MR) is 74.6 cm³/mol. The Kier molecular flexibility index (Phi) is 4.23. The van der Waals surface area contributed by atoms with E-state index >= 15 is 0 Å². The third-order valence-electron chi connectivity index (χ3n) is 3.52. The van der Waals surface area contributed by atoms with Gasteiger partial charge in [-0.15, -0.1) is 0 Å². The van der Waals surface area contributed by atoms with Crippen LogP contribution in [0.3, 0.4) is 0 Å². The highest BCUT2D eigenvalue weighted by molar-refractivity contribution is 5.54. The van der Waals surface area contributed by atoms with E-state index in [1.165, 1.54) is 0 Å². The lowest BCUT2D eigenvalue weighted by atomic mass is 10.0. The molecule has 0 spiro atoms. The molecule has 1 aromatic rings. The smallest absolute Gasteiger partial charge is 0.146 e. The lowest BCUT2D eigenvalue weighted by Gasteiger charge is -2.37. The van der Waals surface area contributed by atoms with Crippen LogP contribution in [0.25, 0.3) is 0 Å². The van der Waals surface area contributed by atoms with Crippen molar-refractivity contribution in [3.05, 3.63) is 29.6 Å². The minimum atomic E-state index is -0.0970. The lowest BCUT2D eigenvalue weighted by Crippen LogP contribution is -2.51. The number of nitrogens with one attached hydrogen (secondary N) is 1. The number of rotatable bonds is 3. The molecule has 1 unspecified atom stereocenters. The highest BCUT2D eigenvalue weighted by Gasteiger charge is 2.23. The first-order chi connectivity index (χ1) is 8.58. The molecule has 0 saturated carbocycles. The Labute approximate surface area is 109 Å². The zero-order valence-electron chi connectivity index (χ0n) is 11.5. The Morgan fingerprint density at radius 1 is 1.44 bits per heavy atom. The summed E-state index contributed by atoms with van der Waals surface area (Å²) in [5.41, 5.74) is 1.81. The van der Waals surface area contributed by atoms with E-state index < -0.39 is 0 Å². The summed E-state index contributed by atoms with van der Waals surface area (Å²) in [6, 6.07) is 5.79. The molecule has 0 bridgehead atoms. The Balaban J connectivity index is 2.13. The quantitative estimate of drug-likeness (QED) is 0.887. The summed E-state index contributed by atoms with van der Waals surface area (Å²) in [5.74, 6) is 0.573. The molecule has 100 valence electrons. The van der Waals surface area contributed by atoms with Gasteiger partial charge in [-0.05, 0) is 30.9 Å². The van der Waals surface area contributed by atoms with Gasteiger partial charge >= 0.3 is 0 Å². The van der Waals surface area contributed by atoms with Crippen LogP contribution in [0.15, 0.2) is 18.2 Å². The highest BCUT2D eigenvalue weighted by atomic mass is 19.1. The summed E-state index contributed by atoms with van der Waals surface area (Å²) >= 11 is 0. The van der Waals surface area contributed by atoms with Gasteiger partial charge < -0.3 is 10.2 Å². The number of para-hydroxylation sites is 1. The summed E-state index contributed by atoms with van der Waals surface area (Å²) in [5, 5.41) is 3.52. The van der Waals surface area contributed by atoms with Crippen molar-refractivity contribution >= 4 is 5.69 Å². The van der Waals surface area contributed by atoms with Crippen LogP contribution in [0, 0.1) is 18.7 Å². The van der Waals surface area contributed by atoms with E-state index in [1.54, 1.807) is 12.1 Å². The average molecular weight is 250 g/mol. The first kappa shape index (κ1) is 13.3. The molecule has 0 amide bonds. The van der Waals surface area contributed by atoms with Crippen molar-refractivity contribution in [2.24, 2.45) is 5.92 Å². The monoisotopic (exact) mass is 250 g/mol. The van der Waals surface area contributed by atoms with Crippen molar-refractivity contribution in [3.8, 4) is 0 Å². The van der Waals surface area contributed by atoms with Crippen molar-refractivity contribution in [3.63, 3.8) is 0 Å². The van der Waals surface area contributed by atoms with Gasteiger partial charge in [0.05, 0.1) is 5.69 Å². The molecule has 1 aromatic carbocycles. The normalized spacial score (nSPS) is 20.5. The van der Waals surface area contributed by atoms with Crippen molar-refractivity contribution in [2.45, 2.75) is 33.2 Å². The molecular weight excluding hydrogens is 227 g/mol. The van der Waals surface area contributed by atoms with E-state index in [-0.39, 0.29) is 5.82 Å². The Morgan fingerprint density at radius 3 is 2.89 bits per heavy atom. The van der Waals surface area contributed by atoms with Crippen molar-refractivity contribution < 1.29 is 4.39 Å². The van der Waals surface area contributed by atoms with Crippen LogP contribution in [0.1, 0.15) is 25.8 Å². The zero-order valence-corrected chi connectivity index (χ0v) is 11.5. The summed E-state index contributed by atoms with van der Waals surface area (Å²) in [6.07, 6.45) is 1.14. The first-order valence-electron chi connectivity index (χ1n) is 6.81. The number of benzene rings is 1. The van der Waals surface area contributed by atoms with E-state index in [1.807, 2.05) is 13.0 Å². The summed E-state index contributed by atoms with van der Waals surface area (Å²) in [4.78, 5) is 2.19. The molecule has 2 nitrogen and oxygen atoms in total. The molecule has 1 fully saturated rings. The standard InChI is InChI=1S/C15H23FN2/c1-11(2)9-13-10-18(8-7-17-13)15-12(3)5-4-6-14(15)16/h4-6,11,13,17H,7-10H2,1-3H3. The van der Waals surface area contributed by atoms with Crippen LogP contribution < -0.4 is 10.2 Å². The van der Waals surface area contributed by atoms with Crippen LogP contribution in [0.4, 0.5) is 10.1 Å². The fourth-order valence-electron chi connectivity index (χ4n) is 2.78. The number of aryl methyl sites for hydroxylation is 1. The molecule has 1 atom stereocenters. The van der Waals surface area contributed by atoms with E-state index in [0.717, 1.165) is 37.3 Å². The van der Waals surface area contributed by atoms with Gasteiger partial charge in [0.1, 0.15) is 5.82 Å². The van der Waals surface area contributed by atoms with Crippen molar-refractivity contribution in [1.82, 2.24) is 5.32 Å². The van der Waals surface area contributed by atoms with E-state index in [4.69, 9.17) is 0 Å². The maximum atomic E-state index is 14.0. The first-order valence-corrected chi connectivity index (χ1v) is 6.81. The largest absolute Gasteiger partial charge is 0.366 e. The van der Waals surface area contributed by atoms with Gasteiger partial charge in [0.25, 0.3) is 0 Å². The molecule has 3 heteroatoms. The van der Waals surface area contributed by atoms with Gasteiger partial charge in [0.15, 0.2) is 0 Å². The van der Waals surface area contributed by atoms with E-state index in [9.17, 15) is 4.39 Å². The number of anilines is 1. The van der Waals surface area contributed by atoms with Gasteiger partial charge in [0.2, 0.25) is 0 Å². The van der Waals surface area contributed by atoms with Gasteiger partial charge in [-0.1, -0.05) is 26.0 Å². The third-order valence-corrected chi connectivity index (χ3v) is 3.52. The summed E-state index contributed by atoms with van der Waals surface area (Å²) in [6.45, 7) is 9.17. The second-order valence-corrected chi connectivity index (χ2v) is 5.63. The van der Waals surface area contributed by atoms with Gasteiger partial charge in [-0.3, -0.25) is 0 Å². The molecule has 1 aliphatic heterocycles. The molecule has 1 aliphatic rings. The summed E-state index contributed by atoms with van der Waals surface area (Å²) < 4.78 is 14.0. The highest BCUT2D eigenvalue weighted by Crippen LogP contribution is 2.25. The molecule has 0 aliphatic carbocycles. The Bertz CT molecular complexity index is 383. The molecule has 0 aromatic heterocycles. The topological polar surface area (TPSA) is 15.3 Å². The van der Waals surface area contributed by atoms with Gasteiger partial charge in [-0.25, -0.2) is 4.39 Å². The van der Waals surface area contributed by atoms with Crippen LogP contribution in [-0.2, 0) is 0 Å². The molecule has 18 heavy (non-hydrogen) atoms. The van der Waals surface area contributed by atoms with Crippen LogP contribution in [0.5, 0.6) is 0 Å². The molecule has 1 heterocycles. The minimum Gasteiger partial charge on any atom is -0.366 e. The molecule has 0 radical (unpaired) electrons. The second-order valence-electron chi connectivity index (χ2n) is 5.63. The fraction of sp³-hybridized carbons (Fsp3) is 0.600. The van der Waals surface area contributed by atoms with Crippen LogP contribution in [0.2, 0.25) is 0 Å². The Hall–Kier alpha value is -1.09. The van der Waals surface area contributed by atoms with Crippen molar-refractivity contribution in [2.75, 3.05) is 24.5 Å². The summed E-state index contributed by atoms with van der Waals surface area (Å²) in [7, 11) is 0. The number of hydrogen-bond donors (Lipinski definition) is 1. The minimum absolute atomic E-state index is 0.0970. The zero-order chi connectivity index (χ0) is 13.1. The van der Waals surface area contributed by atoms with Gasteiger partial charge in [-0.2, -0.15) is 0 Å². The third kappa shape index (κ3) is 3.02. The lowest BCUT2D eigenvalue weighted by molar-refractivity contribution is 0.386. The van der Waals surface area contributed by atoms with Gasteiger partial charge in [0, 0.05) is 25.7 Å². The predicted octanol–water partition coefficient (Wildman–Crippen LogP) is 2.96. The fourth-order valence-corrected chi connectivity index (χ4v) is 2.78. The molecule has 1 saturated heterocycles. The van der Waals surface area contributed by atoms with E-state index in [2.05, 4.69) is 24.1 Å². The molecule has 1 N–H and O–H groups in total. The van der Waals surface area contributed by atoms with Crippen LogP contribution in [-0.4, -0.2) is 25.7 Å². The Morgan fingerprint density at radius 2 is 2.22 bits per heavy atom. The number of halogens is 1. The molecular formula is C15H23FN2. The van der Waals surface area contributed by atoms with E-state index in [0.29, 0.717) is 12.0 Å². The second kappa shape index (κ2) is 5.70. The SMILES string of the molecule is Cc1cccc(F)c1N1CCNC(CC(C)C)C1. The number of hydrogen-bond acceptors (Lipinski definition) is 2. The number of piperazine rings is 1. The maximum Gasteiger partial charge on any atom is 0.146 e. The maximum absolute atomic E-state index is 14.0. The molecule has 2 rings (SSSR count). The average Bonchev–Trinajstić information content (AvgIpc) is 2.28. The number of nitrogens with zero attached hydrogens (tertiary/aromatic N) is 1. The van der Waals surface area contributed by atoms with Crippen molar-refractivity contribution in [1.29, 1.82) is 0 Å².